The van der Waals surface area contributed by atoms with Crippen molar-refractivity contribution in [2.45, 2.75) is 38.1 Å². The van der Waals surface area contributed by atoms with E-state index in [0.717, 1.165) is 23.8 Å². The van der Waals surface area contributed by atoms with Crippen molar-refractivity contribution < 1.29 is 9.90 Å². The van der Waals surface area contributed by atoms with Crippen LogP contribution in [0.1, 0.15) is 30.9 Å². The van der Waals surface area contributed by atoms with Gasteiger partial charge < -0.3 is 10.4 Å². The highest BCUT2D eigenvalue weighted by Crippen LogP contribution is 2.36. The Bertz CT molecular complexity index is 815. The predicted molar refractivity (Wildman–Crippen MR) is 91.4 cm³/mol. The van der Waals surface area contributed by atoms with Crippen molar-refractivity contribution >= 4 is 11.8 Å². The zero-order valence-corrected chi connectivity index (χ0v) is 13.7. The van der Waals surface area contributed by atoms with Gasteiger partial charge in [0.2, 0.25) is 0 Å². The minimum atomic E-state index is -1.05. The molecule has 2 aromatic rings. The van der Waals surface area contributed by atoms with E-state index >= 15 is 0 Å². The summed E-state index contributed by atoms with van der Waals surface area (Å²) in [6.07, 6.45) is 6.07. The number of hydrogen-bond donors (Lipinski definition) is 2. The van der Waals surface area contributed by atoms with Crippen molar-refractivity contribution in [3.8, 4) is 0 Å². The van der Waals surface area contributed by atoms with E-state index in [0.29, 0.717) is 6.54 Å². The second-order valence-electron chi connectivity index (χ2n) is 6.53. The molecule has 2 N–H and O–H groups in total. The fourth-order valence-electron chi connectivity index (χ4n) is 3.43. The molecule has 0 aliphatic heterocycles. The summed E-state index contributed by atoms with van der Waals surface area (Å²) in [4.78, 5) is 27.2. The van der Waals surface area contributed by atoms with Gasteiger partial charge >= 0.3 is 5.97 Å². The van der Waals surface area contributed by atoms with Gasteiger partial charge in [0.15, 0.2) is 5.82 Å². The average Bonchev–Trinajstić information content (AvgIpc) is 2.56. The lowest BCUT2D eigenvalue weighted by molar-refractivity contribution is -0.137. The molecule has 6 nitrogen and oxygen atoms in total. The molecule has 1 heterocycles. The van der Waals surface area contributed by atoms with E-state index < -0.39 is 11.5 Å². The molecular formula is C18H21N3O3. The summed E-state index contributed by atoms with van der Waals surface area (Å²) in [5.74, 6) is -0.856. The number of fused-ring (bicyclic) bond motifs is 1. The van der Waals surface area contributed by atoms with Crippen LogP contribution in [0.2, 0.25) is 0 Å². The fraction of sp³-hybridized carbons (Fsp3) is 0.389. The third kappa shape index (κ3) is 3.18. The Morgan fingerprint density at radius 1 is 1.42 bits per heavy atom. The average molecular weight is 327 g/mol. The number of carboxylic acid groups (broad SMARTS) is 1. The summed E-state index contributed by atoms with van der Waals surface area (Å²) in [5, 5.41) is 12.0. The molecule has 1 atom stereocenters. The van der Waals surface area contributed by atoms with Crippen LogP contribution in [0.15, 0.2) is 41.5 Å². The number of nitrogens with one attached hydrogen (secondary N) is 1. The van der Waals surface area contributed by atoms with E-state index in [1.165, 1.54) is 23.5 Å². The lowest BCUT2D eigenvalue weighted by atomic mass is 9.71. The van der Waals surface area contributed by atoms with Gasteiger partial charge in [-0.15, -0.1) is 0 Å². The van der Waals surface area contributed by atoms with Crippen LogP contribution in [0, 0.1) is 0 Å². The van der Waals surface area contributed by atoms with Crippen LogP contribution >= 0.6 is 0 Å². The fourth-order valence-corrected chi connectivity index (χ4v) is 3.43. The Kier molecular flexibility index (Phi) is 4.38. The van der Waals surface area contributed by atoms with Crippen LogP contribution in [-0.4, -0.2) is 27.2 Å². The first-order valence-corrected chi connectivity index (χ1v) is 8.09. The third-order valence-electron chi connectivity index (χ3n) is 4.71. The minimum Gasteiger partial charge on any atom is -0.480 e. The Balaban J connectivity index is 1.82. The Labute approximate surface area is 140 Å². The maximum atomic E-state index is 12.3. The van der Waals surface area contributed by atoms with Crippen LogP contribution < -0.4 is 10.9 Å². The van der Waals surface area contributed by atoms with Gasteiger partial charge in [-0.25, -0.2) is 4.98 Å². The van der Waals surface area contributed by atoms with Crippen LogP contribution in [-0.2, 0) is 23.2 Å². The maximum absolute atomic E-state index is 12.3. The molecule has 1 unspecified atom stereocenters. The quantitative estimate of drug-likeness (QED) is 0.878. The van der Waals surface area contributed by atoms with Gasteiger partial charge in [0.25, 0.3) is 5.56 Å². The van der Waals surface area contributed by atoms with E-state index in [1.54, 1.807) is 0 Å². The summed E-state index contributed by atoms with van der Waals surface area (Å²) in [6.45, 7) is 2.41. The van der Waals surface area contributed by atoms with Crippen LogP contribution in [0.5, 0.6) is 0 Å². The second kappa shape index (κ2) is 6.47. The van der Waals surface area contributed by atoms with Gasteiger partial charge in [0.1, 0.15) is 6.54 Å². The van der Waals surface area contributed by atoms with Crippen molar-refractivity contribution in [1.82, 2.24) is 9.55 Å². The number of carbonyl (C=O) groups is 1. The van der Waals surface area contributed by atoms with Crippen molar-refractivity contribution in [2.24, 2.45) is 0 Å². The largest absolute Gasteiger partial charge is 0.480 e. The van der Waals surface area contributed by atoms with Crippen molar-refractivity contribution in [2.75, 3.05) is 11.9 Å². The highest BCUT2D eigenvalue weighted by atomic mass is 16.4. The van der Waals surface area contributed by atoms with Gasteiger partial charge in [0.05, 0.1) is 0 Å². The molecule has 126 valence electrons. The third-order valence-corrected chi connectivity index (χ3v) is 4.71. The normalized spacial score (nSPS) is 19.5. The molecule has 0 amide bonds. The molecule has 1 aliphatic rings. The van der Waals surface area contributed by atoms with Crippen molar-refractivity contribution in [1.29, 1.82) is 0 Å². The molecule has 6 heteroatoms. The number of aromatic nitrogens is 2. The molecule has 24 heavy (non-hydrogen) atoms. The highest BCUT2D eigenvalue weighted by Gasteiger charge is 2.31. The van der Waals surface area contributed by atoms with E-state index in [2.05, 4.69) is 35.4 Å². The topological polar surface area (TPSA) is 84.2 Å². The second-order valence-corrected chi connectivity index (χ2v) is 6.53. The SMILES string of the molecule is CC1(CNc2nccn(CC(=O)O)c2=O)CCCc2ccccc21. The number of benzene rings is 1. The predicted octanol–water partition coefficient (Wildman–Crippen LogP) is 2.03. The monoisotopic (exact) mass is 327 g/mol. The number of aryl methyl sites for hydroxylation is 1. The molecule has 3 rings (SSSR count). The molecule has 0 spiro atoms. The maximum Gasteiger partial charge on any atom is 0.323 e. The number of nitrogens with zero attached hydrogens (tertiary/aromatic N) is 2. The first kappa shape index (κ1) is 16.2. The smallest absolute Gasteiger partial charge is 0.323 e. The Morgan fingerprint density at radius 3 is 3.00 bits per heavy atom. The number of aliphatic carboxylic acids is 1. The zero-order chi connectivity index (χ0) is 17.2. The van der Waals surface area contributed by atoms with E-state index in [1.807, 2.05) is 6.07 Å². The zero-order valence-electron chi connectivity index (χ0n) is 13.7. The van der Waals surface area contributed by atoms with Crippen molar-refractivity contribution in [3.05, 3.63) is 58.1 Å². The lowest BCUT2D eigenvalue weighted by Gasteiger charge is -2.36. The van der Waals surface area contributed by atoms with E-state index in [-0.39, 0.29) is 17.8 Å². The molecule has 1 aromatic heterocycles. The van der Waals surface area contributed by atoms with Gasteiger partial charge in [-0.05, 0) is 30.4 Å². The summed E-state index contributed by atoms with van der Waals surface area (Å²) in [7, 11) is 0. The Hall–Kier alpha value is -2.63. The van der Waals surface area contributed by atoms with Gasteiger partial charge in [-0.1, -0.05) is 31.2 Å². The summed E-state index contributed by atoms with van der Waals surface area (Å²) in [5.41, 5.74) is 2.19. The molecular weight excluding hydrogens is 306 g/mol. The Morgan fingerprint density at radius 2 is 2.21 bits per heavy atom. The standard InChI is InChI=1S/C18H21N3O3/c1-18(8-4-6-13-5-2-3-7-14(13)18)12-20-16-17(24)21(10-9-19-16)11-15(22)23/h2-3,5,7,9-10H,4,6,8,11-12H2,1H3,(H,19,20)(H,22,23). The molecule has 0 saturated carbocycles. The minimum absolute atomic E-state index is 0.0730. The lowest BCUT2D eigenvalue weighted by Crippen LogP contribution is -2.37. The van der Waals surface area contributed by atoms with Crippen LogP contribution in [0.4, 0.5) is 5.82 Å². The van der Waals surface area contributed by atoms with Crippen LogP contribution in [0.25, 0.3) is 0 Å². The number of carboxylic acids is 1. The summed E-state index contributed by atoms with van der Waals surface area (Å²) < 4.78 is 1.15. The molecule has 0 saturated heterocycles. The first-order chi connectivity index (χ1) is 11.5. The van der Waals surface area contributed by atoms with Crippen LogP contribution in [0.3, 0.4) is 0 Å². The highest BCUT2D eigenvalue weighted by molar-refractivity contribution is 5.66. The number of anilines is 1. The summed E-state index contributed by atoms with van der Waals surface area (Å²) >= 11 is 0. The molecule has 0 fully saturated rings. The molecule has 1 aromatic carbocycles. The molecule has 0 radical (unpaired) electrons. The van der Waals surface area contributed by atoms with Crippen molar-refractivity contribution in [3.63, 3.8) is 0 Å². The number of hydrogen-bond acceptors (Lipinski definition) is 4. The first-order valence-electron chi connectivity index (χ1n) is 8.09. The van der Waals surface area contributed by atoms with Gasteiger partial charge in [0, 0.05) is 24.4 Å². The molecule has 0 bridgehead atoms. The summed E-state index contributed by atoms with van der Waals surface area (Å²) in [6, 6.07) is 8.41. The number of rotatable bonds is 5. The van der Waals surface area contributed by atoms with Gasteiger partial charge in [-0.3, -0.25) is 14.2 Å². The molecule has 1 aliphatic carbocycles. The van der Waals surface area contributed by atoms with E-state index in [4.69, 9.17) is 5.11 Å². The van der Waals surface area contributed by atoms with E-state index in [9.17, 15) is 9.59 Å². The van der Waals surface area contributed by atoms with Gasteiger partial charge in [-0.2, -0.15) is 0 Å².